The predicted octanol–water partition coefficient (Wildman–Crippen LogP) is 3.37. The highest BCUT2D eigenvalue weighted by molar-refractivity contribution is 7.89. The summed E-state index contributed by atoms with van der Waals surface area (Å²) in [7, 11) is -0.682. The van der Waals surface area contributed by atoms with Crippen LogP contribution >= 0.6 is 0 Å². The first-order valence-electron chi connectivity index (χ1n) is 11.7. The van der Waals surface area contributed by atoms with Crippen molar-refractivity contribution in [2.75, 3.05) is 14.1 Å². The van der Waals surface area contributed by atoms with Gasteiger partial charge in [-0.2, -0.15) is 5.10 Å². The van der Waals surface area contributed by atoms with Gasteiger partial charge in [0.25, 0.3) is 0 Å². The van der Waals surface area contributed by atoms with Gasteiger partial charge in [-0.3, -0.25) is 0 Å². The highest BCUT2D eigenvalue weighted by Gasteiger charge is 2.35. The summed E-state index contributed by atoms with van der Waals surface area (Å²) < 4.78 is 33.4. The lowest BCUT2D eigenvalue weighted by atomic mass is 9.94. The number of carbonyl (C=O) groups excluding carboxylic acids is 2. The summed E-state index contributed by atoms with van der Waals surface area (Å²) in [4.78, 5) is 25.7. The van der Waals surface area contributed by atoms with E-state index in [2.05, 4.69) is 10.6 Å². The molecule has 3 aromatic rings. The SMILES string of the molecule is CC1=C(C(=O)OC(C)C)C(c2cn(-c3ccccc3)nc2-c2ccc(S(=O)(=O)N(C)C)cc2)NC(=O)N1. The number of urea groups is 1. The van der Waals surface area contributed by atoms with Crippen LogP contribution in [-0.4, -0.2) is 54.7 Å². The van der Waals surface area contributed by atoms with E-state index in [0.29, 0.717) is 22.5 Å². The van der Waals surface area contributed by atoms with Crippen molar-refractivity contribution >= 4 is 22.0 Å². The van der Waals surface area contributed by atoms with E-state index >= 15 is 0 Å². The number of hydrogen-bond acceptors (Lipinski definition) is 6. The number of nitrogens with one attached hydrogen (secondary N) is 2. The number of hydrogen-bond donors (Lipinski definition) is 2. The Morgan fingerprint density at radius 1 is 1.08 bits per heavy atom. The maximum atomic E-state index is 13.1. The highest BCUT2D eigenvalue weighted by atomic mass is 32.2. The van der Waals surface area contributed by atoms with Crippen molar-refractivity contribution in [3.05, 3.63) is 77.6 Å². The highest BCUT2D eigenvalue weighted by Crippen LogP contribution is 2.35. The van der Waals surface area contributed by atoms with Gasteiger partial charge in [-0.1, -0.05) is 30.3 Å². The Kier molecular flexibility index (Phi) is 7.19. The Labute approximate surface area is 216 Å². The van der Waals surface area contributed by atoms with Gasteiger partial charge < -0.3 is 15.4 Å². The number of carbonyl (C=O) groups is 2. The minimum Gasteiger partial charge on any atom is -0.459 e. The summed E-state index contributed by atoms with van der Waals surface area (Å²) in [6.07, 6.45) is 1.39. The largest absolute Gasteiger partial charge is 0.459 e. The lowest BCUT2D eigenvalue weighted by Gasteiger charge is -2.28. The number of sulfonamides is 1. The average molecular weight is 524 g/mol. The summed E-state index contributed by atoms with van der Waals surface area (Å²) in [5.74, 6) is -0.559. The Bertz CT molecular complexity index is 1460. The van der Waals surface area contributed by atoms with Crippen molar-refractivity contribution in [2.45, 2.75) is 37.8 Å². The van der Waals surface area contributed by atoms with E-state index in [1.807, 2.05) is 30.3 Å². The van der Waals surface area contributed by atoms with Crippen molar-refractivity contribution in [1.29, 1.82) is 0 Å². The molecule has 1 aliphatic heterocycles. The first-order chi connectivity index (χ1) is 17.5. The van der Waals surface area contributed by atoms with Crippen LogP contribution in [0, 0.1) is 0 Å². The standard InChI is InChI=1S/C26H29N5O5S/c1-16(2)36-25(32)22-17(3)27-26(33)28-24(22)21-15-31(19-9-7-6-8-10-19)29-23(21)18-11-13-20(14-12-18)37(34,35)30(4)5/h6-16,24H,1-5H3,(H2,27,28,33). The summed E-state index contributed by atoms with van der Waals surface area (Å²) in [5.41, 5.74) is 3.06. The minimum atomic E-state index is -3.62. The van der Waals surface area contributed by atoms with Gasteiger partial charge in [-0.15, -0.1) is 0 Å². The molecule has 1 atom stereocenters. The molecular formula is C26H29N5O5S. The van der Waals surface area contributed by atoms with Crippen LogP contribution in [0.25, 0.3) is 16.9 Å². The minimum absolute atomic E-state index is 0.136. The fourth-order valence-electron chi connectivity index (χ4n) is 4.01. The van der Waals surface area contributed by atoms with Crippen LogP contribution < -0.4 is 10.6 Å². The molecule has 10 nitrogen and oxygen atoms in total. The number of ether oxygens (including phenoxy) is 1. The van der Waals surface area contributed by atoms with E-state index < -0.39 is 28.1 Å². The van der Waals surface area contributed by atoms with E-state index in [-0.39, 0.29) is 16.6 Å². The van der Waals surface area contributed by atoms with Crippen LogP contribution in [0.3, 0.4) is 0 Å². The fraction of sp³-hybridized carbons (Fsp3) is 0.269. The molecule has 0 spiro atoms. The quantitative estimate of drug-likeness (QED) is 0.458. The second-order valence-corrected chi connectivity index (χ2v) is 11.2. The van der Waals surface area contributed by atoms with Gasteiger partial charge in [0, 0.05) is 37.1 Å². The van der Waals surface area contributed by atoms with Crippen molar-refractivity contribution in [3.63, 3.8) is 0 Å². The molecule has 11 heteroatoms. The van der Waals surface area contributed by atoms with Gasteiger partial charge >= 0.3 is 12.0 Å². The monoisotopic (exact) mass is 523 g/mol. The Hall–Kier alpha value is -3.96. The number of rotatable bonds is 7. The second-order valence-electron chi connectivity index (χ2n) is 9.05. The molecule has 0 aliphatic carbocycles. The number of aromatic nitrogens is 2. The van der Waals surface area contributed by atoms with Gasteiger partial charge in [0.2, 0.25) is 10.0 Å². The Morgan fingerprint density at radius 2 is 1.73 bits per heavy atom. The summed E-state index contributed by atoms with van der Waals surface area (Å²) in [6.45, 7) is 5.14. The molecule has 1 aliphatic rings. The topological polar surface area (TPSA) is 123 Å². The van der Waals surface area contributed by atoms with E-state index in [9.17, 15) is 18.0 Å². The summed E-state index contributed by atoms with van der Waals surface area (Å²) in [6, 6.07) is 14.4. The van der Waals surface area contributed by atoms with E-state index in [1.54, 1.807) is 43.8 Å². The molecular weight excluding hydrogens is 494 g/mol. The zero-order chi connectivity index (χ0) is 26.9. The summed E-state index contributed by atoms with van der Waals surface area (Å²) in [5, 5.41) is 10.2. The third-order valence-corrected chi connectivity index (χ3v) is 7.64. The van der Waals surface area contributed by atoms with E-state index in [1.165, 1.54) is 26.2 Å². The zero-order valence-electron chi connectivity index (χ0n) is 21.2. The molecule has 2 N–H and O–H groups in total. The van der Waals surface area contributed by atoms with Gasteiger partial charge in [0.1, 0.15) is 0 Å². The lowest BCUT2D eigenvalue weighted by molar-refractivity contribution is -0.143. The van der Waals surface area contributed by atoms with Crippen LogP contribution in [0.5, 0.6) is 0 Å². The molecule has 1 unspecified atom stereocenters. The number of amides is 2. The lowest BCUT2D eigenvalue weighted by Crippen LogP contribution is -2.45. The molecule has 4 rings (SSSR count). The van der Waals surface area contributed by atoms with Crippen LogP contribution in [0.15, 0.2) is 77.0 Å². The maximum Gasteiger partial charge on any atom is 0.338 e. The molecule has 37 heavy (non-hydrogen) atoms. The third-order valence-electron chi connectivity index (χ3n) is 5.81. The molecule has 0 saturated heterocycles. The first-order valence-corrected chi connectivity index (χ1v) is 13.1. The number of para-hydroxylation sites is 1. The first kappa shape index (κ1) is 26.1. The second kappa shape index (κ2) is 10.2. The third kappa shape index (κ3) is 5.27. The van der Waals surface area contributed by atoms with Crippen molar-refractivity contribution in [3.8, 4) is 16.9 Å². The molecule has 2 amide bonds. The van der Waals surface area contributed by atoms with Crippen molar-refractivity contribution < 1.29 is 22.7 Å². The maximum absolute atomic E-state index is 13.1. The average Bonchev–Trinajstić information content (AvgIpc) is 3.29. The zero-order valence-corrected chi connectivity index (χ0v) is 22.0. The van der Waals surface area contributed by atoms with Crippen LogP contribution in [-0.2, 0) is 19.6 Å². The smallest absolute Gasteiger partial charge is 0.338 e. The molecule has 2 heterocycles. The molecule has 0 radical (unpaired) electrons. The van der Waals surface area contributed by atoms with E-state index in [4.69, 9.17) is 9.84 Å². The Balaban J connectivity index is 1.88. The van der Waals surface area contributed by atoms with Gasteiger partial charge in [-0.25, -0.2) is 27.0 Å². The molecule has 1 aromatic heterocycles. The molecule has 0 fully saturated rings. The van der Waals surface area contributed by atoms with Gasteiger partial charge in [0.15, 0.2) is 0 Å². The van der Waals surface area contributed by atoms with Crippen molar-refractivity contribution in [1.82, 2.24) is 24.7 Å². The van der Waals surface area contributed by atoms with Crippen molar-refractivity contribution in [2.24, 2.45) is 0 Å². The Morgan fingerprint density at radius 3 is 2.32 bits per heavy atom. The molecule has 0 bridgehead atoms. The van der Waals surface area contributed by atoms with Crippen LogP contribution in [0.4, 0.5) is 4.79 Å². The summed E-state index contributed by atoms with van der Waals surface area (Å²) >= 11 is 0. The van der Waals surface area contributed by atoms with Crippen LogP contribution in [0.1, 0.15) is 32.4 Å². The number of allylic oxidation sites excluding steroid dienone is 1. The molecule has 194 valence electrons. The number of esters is 1. The van der Waals surface area contributed by atoms with E-state index in [0.717, 1.165) is 9.99 Å². The molecule has 0 saturated carbocycles. The van der Waals surface area contributed by atoms with Gasteiger partial charge in [0.05, 0.1) is 34.0 Å². The number of benzene rings is 2. The normalized spacial score (nSPS) is 16.1. The predicted molar refractivity (Wildman–Crippen MR) is 138 cm³/mol. The number of nitrogens with zero attached hydrogens (tertiary/aromatic N) is 3. The van der Waals surface area contributed by atoms with Crippen LogP contribution in [0.2, 0.25) is 0 Å². The molecule has 2 aromatic carbocycles. The fourth-order valence-corrected chi connectivity index (χ4v) is 4.91. The van der Waals surface area contributed by atoms with Gasteiger partial charge in [-0.05, 0) is 45.0 Å².